The van der Waals surface area contributed by atoms with E-state index in [9.17, 15) is 14.4 Å². The van der Waals surface area contributed by atoms with Gasteiger partial charge in [-0.1, -0.05) is 22.0 Å². The smallest absolute Gasteiger partial charge is 0.303 e. The number of carboxylic acids is 1. The van der Waals surface area contributed by atoms with Crippen LogP contribution >= 0.6 is 15.9 Å². The highest BCUT2D eigenvalue weighted by molar-refractivity contribution is 9.10. The molecule has 3 N–H and O–H groups in total. The first-order valence-corrected chi connectivity index (χ1v) is 6.76. The van der Waals surface area contributed by atoms with E-state index in [0.717, 1.165) is 10.0 Å². The predicted octanol–water partition coefficient (Wildman–Crippen LogP) is 1.77. The van der Waals surface area contributed by atoms with Crippen LogP contribution in [-0.2, 0) is 9.59 Å². The Hall–Kier alpha value is -1.89. The van der Waals surface area contributed by atoms with Crippen molar-refractivity contribution in [3.63, 3.8) is 0 Å². The van der Waals surface area contributed by atoms with E-state index in [1.54, 1.807) is 18.2 Å². The van der Waals surface area contributed by atoms with Crippen LogP contribution in [-0.4, -0.2) is 22.9 Å². The highest BCUT2D eigenvalue weighted by atomic mass is 79.9. The molecule has 6 nitrogen and oxygen atoms in total. The van der Waals surface area contributed by atoms with Gasteiger partial charge < -0.3 is 5.11 Å². The predicted molar refractivity (Wildman–Crippen MR) is 76.0 cm³/mol. The lowest BCUT2D eigenvalue weighted by Gasteiger charge is -2.08. The Kier molecular flexibility index (Phi) is 6.17. The Morgan fingerprint density at radius 1 is 1.20 bits per heavy atom. The number of carboxylic acid groups (broad SMARTS) is 1. The van der Waals surface area contributed by atoms with Gasteiger partial charge in [0.2, 0.25) is 5.91 Å². The van der Waals surface area contributed by atoms with Crippen molar-refractivity contribution in [2.24, 2.45) is 0 Å². The van der Waals surface area contributed by atoms with Gasteiger partial charge in [-0.15, -0.1) is 0 Å². The molecule has 0 aromatic heterocycles. The average Bonchev–Trinajstić information content (AvgIpc) is 2.38. The second kappa shape index (κ2) is 7.64. The maximum absolute atomic E-state index is 11.8. The average molecular weight is 343 g/mol. The summed E-state index contributed by atoms with van der Waals surface area (Å²) in [7, 11) is 0. The van der Waals surface area contributed by atoms with Crippen molar-refractivity contribution in [2.75, 3.05) is 0 Å². The van der Waals surface area contributed by atoms with Gasteiger partial charge in [0.15, 0.2) is 0 Å². The van der Waals surface area contributed by atoms with Crippen molar-refractivity contribution in [1.82, 2.24) is 10.9 Å². The lowest BCUT2D eigenvalue weighted by molar-refractivity contribution is -0.137. The Morgan fingerprint density at radius 2 is 1.90 bits per heavy atom. The molecule has 1 rings (SSSR count). The quantitative estimate of drug-likeness (QED) is 0.710. The zero-order chi connectivity index (χ0) is 15.1. The maximum Gasteiger partial charge on any atom is 0.303 e. The summed E-state index contributed by atoms with van der Waals surface area (Å²) in [5.41, 5.74) is 5.93. The number of carbonyl (C=O) groups excluding carboxylic acids is 2. The van der Waals surface area contributed by atoms with E-state index >= 15 is 0 Å². The van der Waals surface area contributed by atoms with Gasteiger partial charge >= 0.3 is 5.97 Å². The molecule has 1 aromatic carbocycles. The Bertz CT molecular complexity index is 531. The number of aryl methyl sites for hydroxylation is 1. The first-order valence-electron chi connectivity index (χ1n) is 5.97. The molecule has 0 aliphatic carbocycles. The Labute approximate surface area is 124 Å². The van der Waals surface area contributed by atoms with E-state index in [4.69, 9.17) is 5.11 Å². The molecule has 0 atom stereocenters. The first kappa shape index (κ1) is 16.2. The Balaban J connectivity index is 2.41. The van der Waals surface area contributed by atoms with E-state index in [1.807, 2.05) is 6.92 Å². The molecule has 0 saturated heterocycles. The van der Waals surface area contributed by atoms with Crippen molar-refractivity contribution in [2.45, 2.75) is 26.2 Å². The van der Waals surface area contributed by atoms with Crippen LogP contribution in [0.15, 0.2) is 22.7 Å². The summed E-state index contributed by atoms with van der Waals surface area (Å²) in [6.07, 6.45) is 0.198. The van der Waals surface area contributed by atoms with Crippen molar-refractivity contribution in [1.29, 1.82) is 0 Å². The summed E-state index contributed by atoms with van der Waals surface area (Å²) in [5, 5.41) is 8.44. The van der Waals surface area contributed by atoms with Crippen LogP contribution in [0.2, 0.25) is 0 Å². The number of benzene rings is 1. The third-order valence-electron chi connectivity index (χ3n) is 2.54. The van der Waals surface area contributed by atoms with Gasteiger partial charge in [-0.25, -0.2) is 0 Å². The molecule has 0 spiro atoms. The van der Waals surface area contributed by atoms with E-state index in [1.165, 1.54) is 0 Å². The van der Waals surface area contributed by atoms with Crippen molar-refractivity contribution < 1.29 is 19.5 Å². The monoisotopic (exact) mass is 342 g/mol. The number of hydrazine groups is 1. The molecule has 0 heterocycles. The second-order valence-corrected chi connectivity index (χ2v) is 5.07. The molecule has 0 unspecified atom stereocenters. The van der Waals surface area contributed by atoms with Gasteiger partial charge in [0.1, 0.15) is 0 Å². The van der Waals surface area contributed by atoms with Crippen molar-refractivity contribution in [3.05, 3.63) is 33.8 Å². The highest BCUT2D eigenvalue weighted by Crippen LogP contribution is 2.17. The van der Waals surface area contributed by atoms with E-state index in [-0.39, 0.29) is 19.3 Å². The zero-order valence-corrected chi connectivity index (χ0v) is 12.5. The van der Waals surface area contributed by atoms with Gasteiger partial charge in [0, 0.05) is 22.9 Å². The summed E-state index contributed by atoms with van der Waals surface area (Å²) in [4.78, 5) is 33.4. The molecule has 0 fully saturated rings. The summed E-state index contributed by atoms with van der Waals surface area (Å²) < 4.78 is 0.804. The zero-order valence-electron chi connectivity index (χ0n) is 10.9. The second-order valence-electron chi connectivity index (χ2n) is 4.21. The van der Waals surface area contributed by atoms with Crippen LogP contribution in [0.1, 0.15) is 35.2 Å². The standard InChI is InChI=1S/C13H15BrN2O4/c1-8-5-6-9(7-10(8)14)13(20)16-15-11(17)3-2-4-12(18)19/h5-7H,2-4H2,1H3,(H,15,17)(H,16,20)(H,18,19). The molecule has 108 valence electrons. The fourth-order valence-electron chi connectivity index (χ4n) is 1.40. The molecule has 0 aliphatic heterocycles. The number of rotatable bonds is 5. The number of nitrogens with one attached hydrogen (secondary N) is 2. The summed E-state index contributed by atoms with van der Waals surface area (Å²) in [6.45, 7) is 1.90. The largest absolute Gasteiger partial charge is 0.481 e. The molecule has 0 aliphatic rings. The van der Waals surface area contributed by atoms with Gasteiger partial charge in [0.05, 0.1) is 0 Å². The summed E-state index contributed by atoms with van der Waals surface area (Å²) >= 11 is 3.32. The van der Waals surface area contributed by atoms with E-state index < -0.39 is 17.8 Å². The Morgan fingerprint density at radius 3 is 2.50 bits per heavy atom. The maximum atomic E-state index is 11.8. The molecular formula is C13H15BrN2O4. The summed E-state index contributed by atoms with van der Waals surface area (Å²) in [6, 6.07) is 5.08. The third-order valence-corrected chi connectivity index (χ3v) is 3.40. The fraction of sp³-hybridized carbons (Fsp3) is 0.308. The number of hydrogen-bond acceptors (Lipinski definition) is 3. The molecule has 2 amide bonds. The van der Waals surface area contributed by atoms with Crippen LogP contribution in [0.5, 0.6) is 0 Å². The molecule has 7 heteroatoms. The van der Waals surface area contributed by atoms with E-state index in [0.29, 0.717) is 5.56 Å². The molecular weight excluding hydrogens is 328 g/mol. The lowest BCUT2D eigenvalue weighted by Crippen LogP contribution is -2.41. The van der Waals surface area contributed by atoms with Crippen molar-refractivity contribution >= 4 is 33.7 Å². The number of aliphatic carboxylic acids is 1. The van der Waals surface area contributed by atoms with Crippen LogP contribution in [0.4, 0.5) is 0 Å². The molecule has 0 bridgehead atoms. The van der Waals surface area contributed by atoms with Gasteiger partial charge in [-0.05, 0) is 31.0 Å². The number of carbonyl (C=O) groups is 3. The third kappa shape index (κ3) is 5.40. The van der Waals surface area contributed by atoms with Crippen LogP contribution in [0.25, 0.3) is 0 Å². The highest BCUT2D eigenvalue weighted by Gasteiger charge is 2.09. The molecule has 1 aromatic rings. The summed E-state index contributed by atoms with van der Waals surface area (Å²) in [5.74, 6) is -1.81. The van der Waals surface area contributed by atoms with E-state index in [2.05, 4.69) is 26.8 Å². The van der Waals surface area contributed by atoms with Crippen LogP contribution in [0.3, 0.4) is 0 Å². The van der Waals surface area contributed by atoms with Crippen LogP contribution in [0, 0.1) is 6.92 Å². The first-order chi connectivity index (χ1) is 9.40. The molecule has 0 radical (unpaired) electrons. The minimum absolute atomic E-state index is 0.0458. The van der Waals surface area contributed by atoms with Gasteiger partial charge in [-0.3, -0.25) is 25.2 Å². The normalized spacial score (nSPS) is 9.90. The van der Waals surface area contributed by atoms with Gasteiger partial charge in [0.25, 0.3) is 5.91 Å². The molecule has 0 saturated carbocycles. The number of halogens is 1. The van der Waals surface area contributed by atoms with Gasteiger partial charge in [-0.2, -0.15) is 0 Å². The minimum Gasteiger partial charge on any atom is -0.481 e. The number of hydrogen-bond donors (Lipinski definition) is 3. The van der Waals surface area contributed by atoms with Crippen molar-refractivity contribution in [3.8, 4) is 0 Å². The molecule has 20 heavy (non-hydrogen) atoms. The van der Waals surface area contributed by atoms with Crippen LogP contribution < -0.4 is 10.9 Å². The SMILES string of the molecule is Cc1ccc(C(=O)NNC(=O)CCCC(=O)O)cc1Br. The fourth-order valence-corrected chi connectivity index (χ4v) is 1.77. The minimum atomic E-state index is -0.952. The lowest BCUT2D eigenvalue weighted by atomic mass is 10.1. The number of amides is 2. The topological polar surface area (TPSA) is 95.5 Å².